The van der Waals surface area contributed by atoms with Crippen LogP contribution in [0.1, 0.15) is 23.4 Å². The molecule has 1 unspecified atom stereocenters. The molecule has 82 valence electrons. The molecule has 1 aromatic rings. The van der Waals surface area contributed by atoms with Gasteiger partial charge in [0.05, 0.1) is 0 Å². The molecule has 1 aromatic heterocycles. The Morgan fingerprint density at radius 3 is 3.07 bits per heavy atom. The number of carbonyl (C=O) groups is 1. The predicted molar refractivity (Wildman–Crippen MR) is 52.4 cm³/mol. The summed E-state index contributed by atoms with van der Waals surface area (Å²) in [5.41, 5.74) is 0. The quantitative estimate of drug-likeness (QED) is 0.695. The molecular weight excluding hydrogens is 196 g/mol. The van der Waals surface area contributed by atoms with Crippen molar-refractivity contribution >= 4 is 5.91 Å². The van der Waals surface area contributed by atoms with Crippen LogP contribution in [0.5, 0.6) is 0 Å². The van der Waals surface area contributed by atoms with Crippen molar-refractivity contribution in [2.45, 2.75) is 19.9 Å². The number of piperazine rings is 1. The highest BCUT2D eigenvalue weighted by molar-refractivity contribution is 5.90. The topological polar surface area (TPSA) is 71.3 Å². The van der Waals surface area contributed by atoms with E-state index in [-0.39, 0.29) is 11.7 Å². The highest BCUT2D eigenvalue weighted by atomic mass is 16.5. The second-order valence-electron chi connectivity index (χ2n) is 3.74. The lowest BCUT2D eigenvalue weighted by Gasteiger charge is -2.30. The van der Waals surface area contributed by atoms with Gasteiger partial charge in [-0.25, -0.2) is 0 Å². The minimum absolute atomic E-state index is 0.153. The number of hydrogen-bond acceptors (Lipinski definition) is 5. The Labute approximate surface area is 87.6 Å². The van der Waals surface area contributed by atoms with Crippen molar-refractivity contribution in [1.82, 2.24) is 20.4 Å². The molecule has 0 aromatic carbocycles. The molecule has 0 bridgehead atoms. The van der Waals surface area contributed by atoms with Gasteiger partial charge in [0.1, 0.15) is 0 Å². The molecule has 2 heterocycles. The number of aromatic nitrogens is 2. The summed E-state index contributed by atoms with van der Waals surface area (Å²) in [5.74, 6) is 0.420. The monoisotopic (exact) mass is 210 g/mol. The Hall–Kier alpha value is -1.43. The fraction of sp³-hybridized carbons (Fsp3) is 0.667. The van der Waals surface area contributed by atoms with E-state index in [2.05, 4.69) is 15.5 Å². The van der Waals surface area contributed by atoms with Crippen LogP contribution < -0.4 is 5.32 Å². The van der Waals surface area contributed by atoms with Gasteiger partial charge < -0.3 is 14.7 Å². The Morgan fingerprint density at radius 1 is 1.67 bits per heavy atom. The number of amides is 1. The molecule has 1 fully saturated rings. The summed E-state index contributed by atoms with van der Waals surface area (Å²) in [5, 5.41) is 6.88. The normalized spacial score (nSPS) is 21.7. The van der Waals surface area contributed by atoms with Crippen LogP contribution in [0.4, 0.5) is 0 Å². The Kier molecular flexibility index (Phi) is 2.68. The number of hydrogen-bond donors (Lipinski definition) is 1. The molecular formula is C9H14N4O2. The van der Waals surface area contributed by atoms with Gasteiger partial charge in [-0.05, 0) is 6.92 Å². The maximum Gasteiger partial charge on any atom is 0.295 e. The van der Waals surface area contributed by atoms with Crippen molar-refractivity contribution in [2.24, 2.45) is 0 Å². The van der Waals surface area contributed by atoms with Crippen LogP contribution in [0, 0.1) is 6.92 Å². The third kappa shape index (κ3) is 2.15. The van der Waals surface area contributed by atoms with Gasteiger partial charge >= 0.3 is 0 Å². The summed E-state index contributed by atoms with van der Waals surface area (Å²) in [7, 11) is 0. The van der Waals surface area contributed by atoms with E-state index in [1.807, 2.05) is 6.92 Å². The van der Waals surface area contributed by atoms with Crippen molar-refractivity contribution in [2.75, 3.05) is 19.6 Å². The first kappa shape index (κ1) is 10.1. The average Bonchev–Trinajstić information content (AvgIpc) is 2.64. The number of carbonyl (C=O) groups excluding carboxylic acids is 1. The highest BCUT2D eigenvalue weighted by Crippen LogP contribution is 2.05. The summed E-state index contributed by atoms with van der Waals surface area (Å²) in [6, 6.07) is 0.315. The summed E-state index contributed by atoms with van der Waals surface area (Å²) >= 11 is 0. The minimum atomic E-state index is -0.153. The molecule has 2 rings (SSSR count). The lowest BCUT2D eigenvalue weighted by molar-refractivity contribution is 0.0693. The Morgan fingerprint density at radius 2 is 2.47 bits per heavy atom. The fourth-order valence-electron chi connectivity index (χ4n) is 1.64. The Balaban J connectivity index is 2.07. The van der Waals surface area contributed by atoms with Crippen molar-refractivity contribution in [1.29, 1.82) is 0 Å². The first-order chi connectivity index (χ1) is 7.16. The van der Waals surface area contributed by atoms with Crippen LogP contribution in [0.2, 0.25) is 0 Å². The van der Waals surface area contributed by atoms with E-state index in [1.54, 1.807) is 11.8 Å². The molecule has 1 amide bonds. The van der Waals surface area contributed by atoms with Crippen molar-refractivity contribution in [3.63, 3.8) is 0 Å². The third-order valence-electron chi connectivity index (χ3n) is 2.37. The molecule has 0 spiro atoms. The largest absolute Gasteiger partial charge is 0.339 e. The lowest BCUT2D eigenvalue weighted by atomic mass is 10.2. The lowest BCUT2D eigenvalue weighted by Crippen LogP contribution is -2.51. The van der Waals surface area contributed by atoms with Gasteiger partial charge in [-0.2, -0.15) is 4.98 Å². The van der Waals surface area contributed by atoms with Crippen LogP contribution in [-0.4, -0.2) is 46.6 Å². The number of rotatable bonds is 1. The Bertz CT molecular complexity index is 363. The van der Waals surface area contributed by atoms with Crippen LogP contribution in [0.3, 0.4) is 0 Å². The van der Waals surface area contributed by atoms with Gasteiger partial charge in [0.15, 0.2) is 0 Å². The molecule has 1 atom stereocenters. The number of aryl methyl sites for hydroxylation is 1. The van der Waals surface area contributed by atoms with Crippen molar-refractivity contribution in [3.05, 3.63) is 11.7 Å². The van der Waals surface area contributed by atoms with Gasteiger partial charge in [-0.3, -0.25) is 4.79 Å². The SMILES string of the molecule is Cc1nc(C(=O)N2CCNC(C)C2)no1. The molecule has 6 heteroatoms. The van der Waals surface area contributed by atoms with Gasteiger partial charge in [-0.1, -0.05) is 5.16 Å². The first-order valence-corrected chi connectivity index (χ1v) is 5.00. The summed E-state index contributed by atoms with van der Waals surface area (Å²) in [6.07, 6.45) is 0. The van der Waals surface area contributed by atoms with E-state index in [0.717, 1.165) is 6.54 Å². The third-order valence-corrected chi connectivity index (χ3v) is 2.37. The summed E-state index contributed by atoms with van der Waals surface area (Å²) in [6.45, 7) is 5.90. The predicted octanol–water partition coefficient (Wildman–Crippen LogP) is -0.188. The second-order valence-corrected chi connectivity index (χ2v) is 3.74. The van der Waals surface area contributed by atoms with Crippen molar-refractivity contribution in [3.8, 4) is 0 Å². The standard InChI is InChI=1S/C9H14N4O2/c1-6-5-13(4-3-10-6)9(14)8-11-7(2)15-12-8/h6,10H,3-5H2,1-2H3. The number of nitrogens with one attached hydrogen (secondary N) is 1. The molecule has 0 aliphatic carbocycles. The first-order valence-electron chi connectivity index (χ1n) is 5.00. The van der Waals surface area contributed by atoms with E-state index in [9.17, 15) is 4.79 Å². The molecule has 1 saturated heterocycles. The summed E-state index contributed by atoms with van der Waals surface area (Å²) < 4.78 is 4.78. The van der Waals surface area contributed by atoms with Gasteiger partial charge in [0.2, 0.25) is 5.89 Å². The van der Waals surface area contributed by atoms with E-state index in [0.29, 0.717) is 25.0 Å². The van der Waals surface area contributed by atoms with Crippen LogP contribution in [-0.2, 0) is 0 Å². The maximum absolute atomic E-state index is 11.9. The molecule has 0 saturated carbocycles. The van der Waals surface area contributed by atoms with Crippen molar-refractivity contribution < 1.29 is 9.32 Å². The average molecular weight is 210 g/mol. The van der Waals surface area contributed by atoms with Crippen LogP contribution in [0.25, 0.3) is 0 Å². The van der Waals surface area contributed by atoms with E-state index < -0.39 is 0 Å². The molecule has 15 heavy (non-hydrogen) atoms. The minimum Gasteiger partial charge on any atom is -0.339 e. The molecule has 1 aliphatic rings. The van der Waals surface area contributed by atoms with E-state index in [4.69, 9.17) is 4.52 Å². The van der Waals surface area contributed by atoms with E-state index in [1.165, 1.54) is 0 Å². The maximum atomic E-state index is 11.9. The van der Waals surface area contributed by atoms with Gasteiger partial charge in [0, 0.05) is 32.6 Å². The zero-order chi connectivity index (χ0) is 10.8. The van der Waals surface area contributed by atoms with Gasteiger partial charge in [0.25, 0.3) is 11.7 Å². The number of nitrogens with zero attached hydrogens (tertiary/aromatic N) is 3. The summed E-state index contributed by atoms with van der Waals surface area (Å²) in [4.78, 5) is 17.5. The molecule has 0 radical (unpaired) electrons. The van der Waals surface area contributed by atoms with Crippen LogP contribution >= 0.6 is 0 Å². The molecule has 6 nitrogen and oxygen atoms in total. The van der Waals surface area contributed by atoms with E-state index >= 15 is 0 Å². The molecule has 1 N–H and O–H groups in total. The zero-order valence-corrected chi connectivity index (χ0v) is 8.86. The second kappa shape index (κ2) is 3.98. The highest BCUT2D eigenvalue weighted by Gasteiger charge is 2.24. The van der Waals surface area contributed by atoms with Gasteiger partial charge in [-0.15, -0.1) is 0 Å². The zero-order valence-electron chi connectivity index (χ0n) is 8.86. The molecule has 1 aliphatic heterocycles. The smallest absolute Gasteiger partial charge is 0.295 e. The fourth-order valence-corrected chi connectivity index (χ4v) is 1.64. The van der Waals surface area contributed by atoms with Crippen LogP contribution in [0.15, 0.2) is 4.52 Å².